The molecule has 0 nitrogen and oxygen atoms in total. The Morgan fingerprint density at radius 3 is 1.33 bits per heavy atom. The van der Waals surface area contributed by atoms with E-state index in [0.717, 1.165) is 0 Å². The Kier molecular flexibility index (Phi) is 5.61. The van der Waals surface area contributed by atoms with Crippen molar-refractivity contribution >= 4 is 15.4 Å². The Labute approximate surface area is 216 Å². The van der Waals surface area contributed by atoms with Gasteiger partial charge in [0.15, 0.2) is 0 Å². The molecule has 0 bridgehead atoms. The van der Waals surface area contributed by atoms with Crippen LogP contribution in [0.25, 0.3) is 34.4 Å². The van der Waals surface area contributed by atoms with E-state index in [-0.39, 0.29) is 0 Å². The Morgan fingerprint density at radius 2 is 0.944 bits per heavy atom. The third-order valence-electron chi connectivity index (χ3n) is 9.52. The summed E-state index contributed by atoms with van der Waals surface area (Å²) in [6, 6.07) is 35.6. The third-order valence-corrected chi connectivity index (χ3v) is 38.2. The van der Waals surface area contributed by atoms with Crippen LogP contribution in [0.2, 0.25) is 9.36 Å². The van der Waals surface area contributed by atoms with Gasteiger partial charge < -0.3 is 0 Å². The SMILES string of the molecule is C[C](C)=[Hf]([CH3])([CH3])([CH]1C=Cc2c(-c3ccccc3)cccc21)[CH]1C=Cc2c(-c3ccccc3)cccc21. The van der Waals surface area contributed by atoms with Gasteiger partial charge in [0, 0.05) is 0 Å². The summed E-state index contributed by atoms with van der Waals surface area (Å²) in [4.78, 5) is 0. The second kappa shape index (κ2) is 8.60. The molecule has 0 amide bonds. The molecular formula is C35H34Hf. The van der Waals surface area contributed by atoms with Crippen LogP contribution >= 0.6 is 0 Å². The molecule has 0 heterocycles. The van der Waals surface area contributed by atoms with Crippen molar-refractivity contribution < 1.29 is 18.0 Å². The molecule has 0 spiro atoms. The van der Waals surface area contributed by atoms with Gasteiger partial charge in [-0.2, -0.15) is 0 Å². The van der Waals surface area contributed by atoms with Gasteiger partial charge in [-0.3, -0.25) is 0 Å². The van der Waals surface area contributed by atoms with E-state index in [1.54, 1.807) is 3.26 Å². The van der Waals surface area contributed by atoms with Gasteiger partial charge in [-0.05, 0) is 0 Å². The summed E-state index contributed by atoms with van der Waals surface area (Å²) < 4.78 is 8.08. The van der Waals surface area contributed by atoms with Crippen molar-refractivity contribution in [3.05, 3.63) is 131 Å². The van der Waals surface area contributed by atoms with Crippen molar-refractivity contribution in [3.63, 3.8) is 0 Å². The second-order valence-electron chi connectivity index (χ2n) is 11.6. The monoisotopic (exact) mass is 634 g/mol. The summed E-state index contributed by atoms with van der Waals surface area (Å²) >= 11 is -3.81. The van der Waals surface area contributed by atoms with E-state index < -0.39 is 18.0 Å². The minimum absolute atomic E-state index is 0.492. The summed E-state index contributed by atoms with van der Waals surface area (Å²) in [5.74, 6) is 0. The van der Waals surface area contributed by atoms with E-state index in [1.807, 2.05) is 0 Å². The number of hydrogen-bond donors (Lipinski definition) is 0. The predicted molar refractivity (Wildman–Crippen MR) is 155 cm³/mol. The molecule has 1 heteroatoms. The Hall–Kier alpha value is -2.90. The molecule has 0 aliphatic heterocycles. The van der Waals surface area contributed by atoms with Gasteiger partial charge in [0.1, 0.15) is 0 Å². The van der Waals surface area contributed by atoms with Gasteiger partial charge in [0.05, 0.1) is 0 Å². The Balaban J connectivity index is 1.52. The van der Waals surface area contributed by atoms with Crippen molar-refractivity contribution in [2.45, 2.75) is 30.6 Å². The molecule has 0 aromatic heterocycles. The third kappa shape index (κ3) is 3.40. The van der Waals surface area contributed by atoms with Gasteiger partial charge in [-0.1, -0.05) is 0 Å². The number of benzene rings is 4. The summed E-state index contributed by atoms with van der Waals surface area (Å²) in [5.41, 5.74) is 11.2. The van der Waals surface area contributed by atoms with E-state index in [1.165, 1.54) is 44.5 Å². The first-order chi connectivity index (χ1) is 17.4. The number of rotatable bonds is 4. The van der Waals surface area contributed by atoms with Gasteiger partial charge in [-0.15, -0.1) is 0 Å². The van der Waals surface area contributed by atoms with Crippen LogP contribution in [0.5, 0.6) is 0 Å². The summed E-state index contributed by atoms with van der Waals surface area (Å²) in [5, 5.41) is 0. The fourth-order valence-electron chi connectivity index (χ4n) is 6.78. The average molecular weight is 633 g/mol. The molecule has 4 aromatic carbocycles. The first-order valence-electron chi connectivity index (χ1n) is 13.1. The van der Waals surface area contributed by atoms with Gasteiger partial charge in [0.2, 0.25) is 0 Å². The van der Waals surface area contributed by atoms with Crippen LogP contribution in [0.3, 0.4) is 0 Å². The van der Waals surface area contributed by atoms with Crippen LogP contribution in [0, 0.1) is 0 Å². The van der Waals surface area contributed by atoms with Crippen LogP contribution in [0.1, 0.15) is 43.5 Å². The molecule has 0 N–H and O–H groups in total. The molecule has 4 aromatic rings. The van der Waals surface area contributed by atoms with Crippen LogP contribution in [0.15, 0.2) is 109 Å². The fraction of sp³-hybridized carbons (Fsp3) is 0.171. The first-order valence-corrected chi connectivity index (χ1v) is 26.3. The van der Waals surface area contributed by atoms with Crippen molar-refractivity contribution in [2.24, 2.45) is 0 Å². The number of hydrogen-bond acceptors (Lipinski definition) is 0. The summed E-state index contributed by atoms with van der Waals surface area (Å²) in [7, 11) is 0. The number of fused-ring (bicyclic) bond motifs is 2. The first kappa shape index (κ1) is 23.5. The molecule has 0 saturated carbocycles. The van der Waals surface area contributed by atoms with E-state index >= 15 is 0 Å². The normalized spacial score (nSPS) is 18.2. The van der Waals surface area contributed by atoms with E-state index in [0.29, 0.717) is 7.35 Å². The second-order valence-corrected chi connectivity index (χ2v) is 38.4. The standard InChI is InChI=1S/2C15H11.C3H6.2CH3.Hf/c2*1-2-6-12(7-3-1)14-10-4-8-13-9-5-11-15(13)14;1-3-2;;;/h2*1-11H;1-2H3;2*1H3;. The molecule has 178 valence electrons. The Bertz CT molecular complexity index is 1480. The maximum atomic E-state index is 2.71. The van der Waals surface area contributed by atoms with Crippen LogP contribution < -0.4 is 0 Å². The summed E-state index contributed by atoms with van der Waals surface area (Å²) in [6.45, 7) is 4.85. The van der Waals surface area contributed by atoms with Crippen molar-refractivity contribution in [3.8, 4) is 22.3 Å². The Morgan fingerprint density at radius 1 is 0.528 bits per heavy atom. The molecule has 36 heavy (non-hydrogen) atoms. The average Bonchev–Trinajstić information content (AvgIpc) is 3.55. The van der Waals surface area contributed by atoms with Gasteiger partial charge in [0.25, 0.3) is 0 Å². The zero-order valence-corrected chi connectivity index (χ0v) is 25.3. The topological polar surface area (TPSA) is 0 Å². The van der Waals surface area contributed by atoms with Crippen molar-refractivity contribution in [1.82, 2.24) is 0 Å². The molecule has 2 unspecified atom stereocenters. The molecule has 2 aliphatic rings. The predicted octanol–water partition coefficient (Wildman–Crippen LogP) is 9.85. The van der Waals surface area contributed by atoms with Crippen LogP contribution in [-0.2, 0) is 18.0 Å². The molecule has 2 atom stereocenters. The van der Waals surface area contributed by atoms with E-state index in [9.17, 15) is 0 Å². The van der Waals surface area contributed by atoms with Crippen molar-refractivity contribution in [2.75, 3.05) is 0 Å². The zero-order valence-electron chi connectivity index (χ0n) is 21.7. The molecule has 6 rings (SSSR count). The number of allylic oxidation sites excluding steroid dienone is 2. The van der Waals surface area contributed by atoms with Crippen LogP contribution in [0.4, 0.5) is 0 Å². The molecule has 0 fully saturated rings. The minimum atomic E-state index is -3.81. The molecule has 0 saturated heterocycles. The van der Waals surface area contributed by atoms with Crippen molar-refractivity contribution in [1.29, 1.82) is 0 Å². The van der Waals surface area contributed by atoms with Gasteiger partial charge >= 0.3 is 218 Å². The molecular weight excluding hydrogens is 599 g/mol. The van der Waals surface area contributed by atoms with Gasteiger partial charge in [-0.25, -0.2) is 0 Å². The zero-order chi connectivity index (χ0) is 24.9. The molecule has 0 radical (unpaired) electrons. The van der Waals surface area contributed by atoms with E-state index in [2.05, 4.69) is 145 Å². The van der Waals surface area contributed by atoms with Crippen LogP contribution in [-0.4, -0.2) is 3.26 Å². The quantitative estimate of drug-likeness (QED) is 0.197. The molecule has 2 aliphatic carbocycles. The summed E-state index contributed by atoms with van der Waals surface area (Å²) in [6.07, 6.45) is 9.97. The van der Waals surface area contributed by atoms with E-state index in [4.69, 9.17) is 0 Å². The fourth-order valence-corrected chi connectivity index (χ4v) is 26.3. The maximum absolute atomic E-state index is 3.81.